The molecule has 2 rings (SSSR count). The molecule has 1 fully saturated rings. The van der Waals surface area contributed by atoms with Crippen molar-refractivity contribution in [3.05, 3.63) is 22.8 Å². The molecule has 15 heavy (non-hydrogen) atoms. The molecule has 0 aliphatic carbocycles. The number of aromatic nitrogens is 1. The van der Waals surface area contributed by atoms with Crippen LogP contribution in [0, 0.1) is 5.92 Å². The van der Waals surface area contributed by atoms with Crippen molar-refractivity contribution in [2.24, 2.45) is 5.92 Å². The predicted molar refractivity (Wildman–Crippen MR) is 63.9 cm³/mol. The summed E-state index contributed by atoms with van der Waals surface area (Å²) in [5.74, 6) is 1.46. The molecule has 1 saturated heterocycles. The zero-order chi connectivity index (χ0) is 10.7. The molecule has 0 spiro atoms. The number of pyridine rings is 1. The standard InChI is InChI=1S/C11H15BrN2O/c1-8-7-15-6-4-10(8)14-11-9(12)3-2-5-13-11/h2-3,5,8,10H,4,6-7H2,1H3,(H,13,14). The van der Waals surface area contributed by atoms with Crippen LogP contribution in [-0.2, 0) is 4.74 Å². The highest BCUT2D eigenvalue weighted by atomic mass is 79.9. The van der Waals surface area contributed by atoms with Crippen LogP contribution in [-0.4, -0.2) is 24.2 Å². The summed E-state index contributed by atoms with van der Waals surface area (Å²) in [6.07, 6.45) is 2.85. The van der Waals surface area contributed by atoms with Crippen LogP contribution in [0.3, 0.4) is 0 Å². The van der Waals surface area contributed by atoms with Gasteiger partial charge in [0.1, 0.15) is 5.82 Å². The van der Waals surface area contributed by atoms with E-state index in [1.165, 1.54) is 0 Å². The zero-order valence-corrected chi connectivity index (χ0v) is 10.3. The fourth-order valence-electron chi connectivity index (χ4n) is 1.76. The summed E-state index contributed by atoms with van der Waals surface area (Å²) < 4.78 is 6.43. The van der Waals surface area contributed by atoms with Gasteiger partial charge in [0, 0.05) is 18.8 Å². The quantitative estimate of drug-likeness (QED) is 0.898. The van der Waals surface area contributed by atoms with E-state index in [4.69, 9.17) is 4.74 Å². The fourth-order valence-corrected chi connectivity index (χ4v) is 2.13. The normalized spacial score (nSPS) is 26.3. The molecule has 82 valence electrons. The SMILES string of the molecule is CC1COCCC1Nc1ncccc1Br. The summed E-state index contributed by atoms with van der Waals surface area (Å²) in [6, 6.07) is 4.38. The number of nitrogens with one attached hydrogen (secondary N) is 1. The minimum atomic E-state index is 0.463. The van der Waals surface area contributed by atoms with Gasteiger partial charge in [0.05, 0.1) is 11.1 Å². The molecule has 0 aromatic carbocycles. The molecule has 1 aromatic heterocycles. The Morgan fingerprint density at radius 1 is 1.60 bits per heavy atom. The van der Waals surface area contributed by atoms with Gasteiger partial charge in [0.2, 0.25) is 0 Å². The van der Waals surface area contributed by atoms with E-state index in [1.54, 1.807) is 6.20 Å². The lowest BCUT2D eigenvalue weighted by Crippen LogP contribution is -2.36. The highest BCUT2D eigenvalue weighted by Gasteiger charge is 2.22. The largest absolute Gasteiger partial charge is 0.381 e. The van der Waals surface area contributed by atoms with Crippen molar-refractivity contribution in [1.29, 1.82) is 0 Å². The van der Waals surface area contributed by atoms with E-state index < -0.39 is 0 Å². The van der Waals surface area contributed by atoms with Crippen molar-refractivity contribution in [2.45, 2.75) is 19.4 Å². The Balaban J connectivity index is 2.04. The van der Waals surface area contributed by atoms with Crippen LogP contribution < -0.4 is 5.32 Å². The predicted octanol–water partition coefficient (Wildman–Crippen LogP) is 2.68. The smallest absolute Gasteiger partial charge is 0.140 e. The summed E-state index contributed by atoms with van der Waals surface area (Å²) in [4.78, 5) is 4.31. The minimum absolute atomic E-state index is 0.463. The maximum atomic E-state index is 5.41. The van der Waals surface area contributed by atoms with Crippen molar-refractivity contribution < 1.29 is 4.74 Å². The first kappa shape index (κ1) is 10.9. The number of nitrogens with zero attached hydrogens (tertiary/aromatic N) is 1. The Morgan fingerprint density at radius 2 is 2.47 bits per heavy atom. The van der Waals surface area contributed by atoms with Crippen molar-refractivity contribution in [3.8, 4) is 0 Å². The highest BCUT2D eigenvalue weighted by molar-refractivity contribution is 9.10. The van der Waals surface area contributed by atoms with Gasteiger partial charge in [-0.05, 0) is 40.4 Å². The van der Waals surface area contributed by atoms with E-state index in [-0.39, 0.29) is 0 Å². The van der Waals surface area contributed by atoms with E-state index in [1.807, 2.05) is 12.1 Å². The highest BCUT2D eigenvalue weighted by Crippen LogP contribution is 2.23. The van der Waals surface area contributed by atoms with Crippen LogP contribution in [0.2, 0.25) is 0 Å². The molecule has 0 radical (unpaired) electrons. The van der Waals surface area contributed by atoms with E-state index in [0.717, 1.165) is 29.9 Å². The summed E-state index contributed by atoms with van der Waals surface area (Å²) in [7, 11) is 0. The van der Waals surface area contributed by atoms with Crippen molar-refractivity contribution >= 4 is 21.7 Å². The lowest BCUT2D eigenvalue weighted by Gasteiger charge is -2.30. The molecule has 0 saturated carbocycles. The first-order chi connectivity index (χ1) is 7.27. The van der Waals surface area contributed by atoms with Crippen molar-refractivity contribution in [1.82, 2.24) is 4.98 Å². The van der Waals surface area contributed by atoms with Crippen LogP contribution in [0.5, 0.6) is 0 Å². The molecule has 0 bridgehead atoms. The summed E-state index contributed by atoms with van der Waals surface area (Å²) in [5.41, 5.74) is 0. The second-order valence-corrected chi connectivity index (χ2v) is 4.78. The fraction of sp³-hybridized carbons (Fsp3) is 0.545. The molecule has 3 nitrogen and oxygen atoms in total. The third-order valence-corrected chi connectivity index (χ3v) is 3.36. The van der Waals surface area contributed by atoms with E-state index in [9.17, 15) is 0 Å². The summed E-state index contributed by atoms with van der Waals surface area (Å²) >= 11 is 3.49. The molecular weight excluding hydrogens is 256 g/mol. The maximum Gasteiger partial charge on any atom is 0.140 e. The monoisotopic (exact) mass is 270 g/mol. The van der Waals surface area contributed by atoms with Crippen LogP contribution >= 0.6 is 15.9 Å². The van der Waals surface area contributed by atoms with Gasteiger partial charge in [-0.15, -0.1) is 0 Å². The minimum Gasteiger partial charge on any atom is -0.381 e. The first-order valence-corrected chi connectivity index (χ1v) is 6.01. The molecule has 1 aliphatic heterocycles. The van der Waals surface area contributed by atoms with Crippen LogP contribution in [0.15, 0.2) is 22.8 Å². The van der Waals surface area contributed by atoms with E-state index >= 15 is 0 Å². The number of anilines is 1. The van der Waals surface area contributed by atoms with Gasteiger partial charge < -0.3 is 10.1 Å². The van der Waals surface area contributed by atoms with Gasteiger partial charge in [-0.25, -0.2) is 4.98 Å². The topological polar surface area (TPSA) is 34.1 Å². The Bertz CT molecular complexity index is 332. The third-order valence-electron chi connectivity index (χ3n) is 2.72. The second kappa shape index (κ2) is 4.94. The molecule has 4 heteroatoms. The van der Waals surface area contributed by atoms with Crippen LogP contribution in [0.4, 0.5) is 5.82 Å². The van der Waals surface area contributed by atoms with Crippen molar-refractivity contribution in [2.75, 3.05) is 18.5 Å². The second-order valence-electron chi connectivity index (χ2n) is 3.93. The number of ether oxygens (including phenoxy) is 1. The Hall–Kier alpha value is -0.610. The Labute approximate surface area is 98.4 Å². The molecule has 2 unspecified atom stereocenters. The van der Waals surface area contributed by atoms with Crippen molar-refractivity contribution in [3.63, 3.8) is 0 Å². The van der Waals surface area contributed by atoms with Gasteiger partial charge in [-0.1, -0.05) is 6.92 Å². The molecule has 2 atom stereocenters. The Morgan fingerprint density at radius 3 is 3.20 bits per heavy atom. The number of rotatable bonds is 2. The van der Waals surface area contributed by atoms with Crippen LogP contribution in [0.25, 0.3) is 0 Å². The van der Waals surface area contributed by atoms with Gasteiger partial charge in [0.25, 0.3) is 0 Å². The molecule has 1 aliphatic rings. The first-order valence-electron chi connectivity index (χ1n) is 5.22. The van der Waals surface area contributed by atoms with E-state index in [2.05, 4.69) is 33.2 Å². The molecule has 1 aromatic rings. The summed E-state index contributed by atoms with van der Waals surface area (Å²) in [5, 5.41) is 3.46. The summed E-state index contributed by atoms with van der Waals surface area (Å²) in [6.45, 7) is 3.88. The third kappa shape index (κ3) is 2.69. The average molecular weight is 271 g/mol. The molecule has 0 amide bonds. The van der Waals surface area contributed by atoms with Gasteiger partial charge in [-0.3, -0.25) is 0 Å². The number of halogens is 1. The van der Waals surface area contributed by atoms with E-state index in [0.29, 0.717) is 12.0 Å². The Kier molecular flexibility index (Phi) is 3.59. The number of hydrogen-bond acceptors (Lipinski definition) is 3. The van der Waals surface area contributed by atoms with Gasteiger partial charge in [-0.2, -0.15) is 0 Å². The average Bonchev–Trinajstić information content (AvgIpc) is 2.24. The zero-order valence-electron chi connectivity index (χ0n) is 8.74. The molecular formula is C11H15BrN2O. The molecule has 2 heterocycles. The van der Waals surface area contributed by atoms with Crippen LogP contribution in [0.1, 0.15) is 13.3 Å². The van der Waals surface area contributed by atoms with Gasteiger partial charge in [0.15, 0.2) is 0 Å². The lowest BCUT2D eigenvalue weighted by molar-refractivity contribution is 0.0537. The van der Waals surface area contributed by atoms with Gasteiger partial charge >= 0.3 is 0 Å². The lowest BCUT2D eigenvalue weighted by atomic mass is 9.98. The number of hydrogen-bond donors (Lipinski definition) is 1. The maximum absolute atomic E-state index is 5.41. The molecule has 1 N–H and O–H groups in total.